The van der Waals surface area contributed by atoms with E-state index < -0.39 is 5.97 Å². The van der Waals surface area contributed by atoms with E-state index in [1.54, 1.807) is 12.3 Å². The van der Waals surface area contributed by atoms with Crippen LogP contribution in [0, 0.1) is 0 Å². The van der Waals surface area contributed by atoms with Gasteiger partial charge in [0.25, 0.3) is 0 Å². The molecule has 0 amide bonds. The Balaban J connectivity index is 2.15. The molecule has 108 valence electrons. The lowest BCUT2D eigenvalue weighted by Crippen LogP contribution is -2.17. The number of anilines is 1. The number of hydrogen-bond acceptors (Lipinski definition) is 3. The topological polar surface area (TPSA) is 53.4 Å². The molecule has 0 aliphatic rings. The van der Waals surface area contributed by atoms with Crippen LogP contribution < -0.4 is 4.90 Å². The monoisotopic (exact) mass is 346 g/mol. The Kier molecular flexibility index (Phi) is 5.11. The molecule has 0 aliphatic heterocycles. The third-order valence-corrected chi connectivity index (χ3v) is 3.56. The third-order valence-electron chi connectivity index (χ3n) is 2.93. The Morgan fingerprint density at radius 3 is 2.81 bits per heavy atom. The first-order valence-corrected chi connectivity index (χ1v) is 7.17. The summed E-state index contributed by atoms with van der Waals surface area (Å²) in [7, 11) is 1.99. The average Bonchev–Trinajstić information content (AvgIpc) is 2.46. The number of hydrogen-bond donors (Lipinski definition) is 1. The Hall–Kier alpha value is -2.14. The molecular formula is C16H15BrN2O2. The third kappa shape index (κ3) is 4.43. The van der Waals surface area contributed by atoms with Gasteiger partial charge in [-0.2, -0.15) is 0 Å². The summed E-state index contributed by atoms with van der Waals surface area (Å²) in [5, 5.41) is 8.64. The summed E-state index contributed by atoms with van der Waals surface area (Å²) in [6, 6.07) is 11.6. The molecule has 0 spiro atoms. The molecule has 0 unspecified atom stereocenters. The maximum absolute atomic E-state index is 10.5. The standard InChI is InChI=1S/C16H15BrN2O2/c1-19(11-13-4-2-3-9-18-13)15-7-5-12(10-14(15)17)6-8-16(20)21/h2-10H,11H2,1H3,(H,20,21)/b8-6+. The second-order valence-electron chi connectivity index (χ2n) is 4.56. The van der Waals surface area contributed by atoms with Crippen LogP contribution >= 0.6 is 15.9 Å². The zero-order chi connectivity index (χ0) is 15.2. The van der Waals surface area contributed by atoms with Crippen LogP contribution in [0.25, 0.3) is 6.08 Å². The fourth-order valence-corrected chi connectivity index (χ4v) is 2.62. The first-order valence-electron chi connectivity index (χ1n) is 6.38. The number of nitrogens with zero attached hydrogens (tertiary/aromatic N) is 2. The number of rotatable bonds is 5. The quantitative estimate of drug-likeness (QED) is 0.840. The smallest absolute Gasteiger partial charge is 0.328 e. The van der Waals surface area contributed by atoms with E-state index >= 15 is 0 Å². The fourth-order valence-electron chi connectivity index (χ4n) is 1.92. The van der Waals surface area contributed by atoms with E-state index in [0.717, 1.165) is 27.5 Å². The van der Waals surface area contributed by atoms with Gasteiger partial charge in [0.1, 0.15) is 0 Å². The normalized spacial score (nSPS) is 10.8. The lowest BCUT2D eigenvalue weighted by molar-refractivity contribution is -0.131. The maximum Gasteiger partial charge on any atom is 0.328 e. The molecule has 4 nitrogen and oxygen atoms in total. The van der Waals surface area contributed by atoms with Gasteiger partial charge in [-0.1, -0.05) is 12.1 Å². The van der Waals surface area contributed by atoms with Crippen molar-refractivity contribution in [2.24, 2.45) is 0 Å². The number of benzene rings is 1. The minimum atomic E-state index is -0.956. The molecule has 1 aromatic carbocycles. The number of carbonyl (C=O) groups is 1. The fraction of sp³-hybridized carbons (Fsp3) is 0.125. The van der Waals surface area contributed by atoms with Crippen molar-refractivity contribution in [3.8, 4) is 0 Å². The van der Waals surface area contributed by atoms with Crippen molar-refractivity contribution in [1.82, 2.24) is 4.98 Å². The lowest BCUT2D eigenvalue weighted by Gasteiger charge is -2.20. The molecular weight excluding hydrogens is 332 g/mol. The van der Waals surface area contributed by atoms with Gasteiger partial charge in [0.05, 0.1) is 17.9 Å². The van der Waals surface area contributed by atoms with Gasteiger partial charge in [0.15, 0.2) is 0 Å². The Bertz CT molecular complexity index is 657. The molecule has 0 radical (unpaired) electrons. The molecule has 0 bridgehead atoms. The molecule has 1 aromatic heterocycles. The van der Waals surface area contributed by atoms with Crippen molar-refractivity contribution in [1.29, 1.82) is 0 Å². The van der Waals surface area contributed by atoms with Crippen LogP contribution in [-0.4, -0.2) is 23.1 Å². The minimum absolute atomic E-state index is 0.698. The maximum atomic E-state index is 10.5. The SMILES string of the molecule is CN(Cc1ccccn1)c1ccc(/C=C/C(=O)O)cc1Br. The first-order chi connectivity index (χ1) is 10.1. The van der Waals surface area contributed by atoms with Crippen molar-refractivity contribution in [2.75, 3.05) is 11.9 Å². The van der Waals surface area contributed by atoms with E-state index in [-0.39, 0.29) is 0 Å². The molecule has 0 saturated heterocycles. The van der Waals surface area contributed by atoms with Crippen molar-refractivity contribution in [2.45, 2.75) is 6.54 Å². The first kappa shape index (κ1) is 15.3. The van der Waals surface area contributed by atoms with Gasteiger partial charge in [-0.05, 0) is 51.8 Å². The van der Waals surface area contributed by atoms with Crippen molar-refractivity contribution in [3.63, 3.8) is 0 Å². The van der Waals surface area contributed by atoms with E-state index in [9.17, 15) is 4.79 Å². The molecule has 2 rings (SSSR count). The van der Waals surface area contributed by atoms with Crippen LogP contribution in [0.1, 0.15) is 11.3 Å². The van der Waals surface area contributed by atoms with Crippen LogP contribution in [0.4, 0.5) is 5.69 Å². The Morgan fingerprint density at radius 2 is 2.19 bits per heavy atom. The summed E-state index contributed by atoms with van der Waals surface area (Å²) < 4.78 is 0.911. The Morgan fingerprint density at radius 1 is 1.38 bits per heavy atom. The van der Waals surface area contributed by atoms with E-state index in [0.29, 0.717) is 6.54 Å². The van der Waals surface area contributed by atoms with Crippen LogP contribution in [0.2, 0.25) is 0 Å². The van der Waals surface area contributed by atoms with Gasteiger partial charge < -0.3 is 10.0 Å². The summed E-state index contributed by atoms with van der Waals surface area (Å²) in [6.07, 6.45) is 4.46. The summed E-state index contributed by atoms with van der Waals surface area (Å²) in [5.74, 6) is -0.956. The van der Waals surface area contributed by atoms with E-state index in [4.69, 9.17) is 5.11 Å². The lowest BCUT2D eigenvalue weighted by atomic mass is 10.2. The van der Waals surface area contributed by atoms with Crippen molar-refractivity contribution in [3.05, 3.63) is 64.4 Å². The molecule has 1 heterocycles. The zero-order valence-corrected chi connectivity index (χ0v) is 13.1. The molecule has 5 heteroatoms. The highest BCUT2D eigenvalue weighted by Gasteiger charge is 2.07. The van der Waals surface area contributed by atoms with Crippen LogP contribution in [-0.2, 0) is 11.3 Å². The number of pyridine rings is 1. The van der Waals surface area contributed by atoms with E-state index in [1.165, 1.54) is 0 Å². The van der Waals surface area contributed by atoms with E-state index in [2.05, 4.69) is 25.8 Å². The predicted molar refractivity (Wildman–Crippen MR) is 87.2 cm³/mol. The molecule has 0 saturated carbocycles. The Labute approximate surface area is 131 Å². The molecule has 0 aliphatic carbocycles. The average molecular weight is 347 g/mol. The van der Waals surface area contributed by atoms with Gasteiger partial charge in [-0.15, -0.1) is 0 Å². The summed E-state index contributed by atoms with van der Waals surface area (Å²) in [4.78, 5) is 16.9. The molecule has 2 aromatic rings. The van der Waals surface area contributed by atoms with Gasteiger partial charge >= 0.3 is 5.97 Å². The largest absolute Gasteiger partial charge is 0.478 e. The minimum Gasteiger partial charge on any atom is -0.478 e. The van der Waals surface area contributed by atoms with Crippen LogP contribution in [0.3, 0.4) is 0 Å². The van der Waals surface area contributed by atoms with Gasteiger partial charge in [0.2, 0.25) is 0 Å². The molecule has 21 heavy (non-hydrogen) atoms. The predicted octanol–water partition coefficient (Wildman–Crippen LogP) is 3.58. The number of carboxylic acids is 1. The highest BCUT2D eigenvalue weighted by molar-refractivity contribution is 9.10. The van der Waals surface area contributed by atoms with Crippen LogP contribution in [0.5, 0.6) is 0 Å². The number of aliphatic carboxylic acids is 1. The number of aromatic nitrogens is 1. The second-order valence-corrected chi connectivity index (χ2v) is 5.41. The zero-order valence-electron chi connectivity index (χ0n) is 11.5. The van der Waals surface area contributed by atoms with Gasteiger partial charge in [-0.3, -0.25) is 4.98 Å². The molecule has 1 N–H and O–H groups in total. The second kappa shape index (κ2) is 7.04. The highest BCUT2D eigenvalue weighted by atomic mass is 79.9. The molecule has 0 atom stereocenters. The summed E-state index contributed by atoms with van der Waals surface area (Å²) >= 11 is 3.52. The summed E-state index contributed by atoms with van der Waals surface area (Å²) in [5.41, 5.74) is 2.84. The van der Waals surface area contributed by atoms with E-state index in [1.807, 2.05) is 43.4 Å². The van der Waals surface area contributed by atoms with Crippen LogP contribution in [0.15, 0.2) is 53.1 Å². The van der Waals surface area contributed by atoms with Crippen molar-refractivity contribution >= 4 is 33.7 Å². The van der Waals surface area contributed by atoms with Gasteiger partial charge in [-0.25, -0.2) is 4.79 Å². The number of halogens is 1. The summed E-state index contributed by atoms with van der Waals surface area (Å²) in [6.45, 7) is 0.698. The molecule has 0 fully saturated rings. The number of carboxylic acid groups (broad SMARTS) is 1. The van der Waals surface area contributed by atoms with Gasteiger partial charge in [0, 0.05) is 23.8 Å². The van der Waals surface area contributed by atoms with Crippen molar-refractivity contribution < 1.29 is 9.90 Å². The highest BCUT2D eigenvalue weighted by Crippen LogP contribution is 2.27.